The van der Waals surface area contributed by atoms with Crippen molar-refractivity contribution in [2.24, 2.45) is 0 Å². The highest BCUT2D eigenvalue weighted by Crippen LogP contribution is 2.23. The molecule has 0 unspecified atom stereocenters. The molecule has 0 saturated carbocycles. The van der Waals surface area contributed by atoms with E-state index in [1.165, 1.54) is 31.5 Å². The average molecular weight is 375 g/mol. The predicted molar refractivity (Wildman–Crippen MR) is 97.5 cm³/mol. The summed E-state index contributed by atoms with van der Waals surface area (Å²) in [5, 5.41) is 11.9. The summed E-state index contributed by atoms with van der Waals surface area (Å²) in [6.07, 6.45) is 3.02. The number of methoxy groups -OCH3 is 1. The maximum atomic E-state index is 14.1. The van der Waals surface area contributed by atoms with E-state index in [0.29, 0.717) is 0 Å². The lowest BCUT2D eigenvalue weighted by molar-refractivity contribution is 0.0912. The quantitative estimate of drug-likeness (QED) is 0.738. The van der Waals surface area contributed by atoms with Gasteiger partial charge in [0.1, 0.15) is 22.8 Å². The summed E-state index contributed by atoms with van der Waals surface area (Å²) in [6.45, 7) is 1.81. The van der Waals surface area contributed by atoms with E-state index >= 15 is 0 Å². The Bertz CT molecular complexity index is 830. The first kappa shape index (κ1) is 18.8. The van der Waals surface area contributed by atoms with Gasteiger partial charge in [0, 0.05) is 6.04 Å². The summed E-state index contributed by atoms with van der Waals surface area (Å²) in [4.78, 5) is 27.2. The maximum Gasteiger partial charge on any atom is 0.271 e. The molecular weight excluding hydrogens is 353 g/mol. The number of amides is 2. The normalized spacial score (nSPS) is 15.4. The number of rotatable bonds is 5. The Morgan fingerprint density at radius 1 is 1.30 bits per heavy atom. The van der Waals surface area contributed by atoms with Crippen LogP contribution in [0.25, 0.3) is 0 Å². The number of piperidine rings is 1. The minimum absolute atomic E-state index is 0.0622. The molecule has 2 aromatic rings. The third-order valence-corrected chi connectivity index (χ3v) is 4.59. The minimum Gasteiger partial charge on any atom is -0.496 e. The molecule has 2 heterocycles. The van der Waals surface area contributed by atoms with Crippen LogP contribution in [0.15, 0.2) is 24.4 Å². The third-order valence-electron chi connectivity index (χ3n) is 4.59. The molecule has 3 rings (SSSR count). The van der Waals surface area contributed by atoms with Gasteiger partial charge in [0.15, 0.2) is 0 Å². The molecule has 0 atom stereocenters. The summed E-state index contributed by atoms with van der Waals surface area (Å²) in [6, 6.07) is 4.16. The lowest BCUT2D eigenvalue weighted by atomic mass is 10.1. The molecule has 1 aromatic carbocycles. The number of anilines is 1. The van der Waals surface area contributed by atoms with Gasteiger partial charge < -0.3 is 20.3 Å². The smallest absolute Gasteiger partial charge is 0.271 e. The van der Waals surface area contributed by atoms with Crippen molar-refractivity contribution >= 4 is 17.5 Å². The van der Waals surface area contributed by atoms with Crippen molar-refractivity contribution in [3.63, 3.8) is 0 Å². The van der Waals surface area contributed by atoms with Crippen LogP contribution in [0.2, 0.25) is 0 Å². The molecule has 1 aliphatic rings. The van der Waals surface area contributed by atoms with Crippen LogP contribution in [0.5, 0.6) is 5.75 Å². The molecule has 27 heavy (non-hydrogen) atoms. The van der Waals surface area contributed by atoms with Crippen LogP contribution in [-0.2, 0) is 0 Å². The molecule has 1 aromatic heterocycles. The van der Waals surface area contributed by atoms with Crippen LogP contribution < -0.4 is 15.4 Å². The highest BCUT2D eigenvalue weighted by molar-refractivity contribution is 6.09. The molecule has 1 saturated heterocycles. The highest BCUT2D eigenvalue weighted by atomic mass is 19.1. The van der Waals surface area contributed by atoms with Crippen molar-refractivity contribution in [3.8, 4) is 5.75 Å². The molecule has 3 N–H and O–H groups in total. The number of aromatic nitrogens is 2. The van der Waals surface area contributed by atoms with Crippen LogP contribution >= 0.6 is 0 Å². The van der Waals surface area contributed by atoms with Crippen LogP contribution in [0.3, 0.4) is 0 Å². The number of carbonyl (C=O) groups excluding carboxylic acids is 2. The molecular formula is C18H22FN5O3. The van der Waals surface area contributed by atoms with Crippen molar-refractivity contribution in [3.05, 3.63) is 41.5 Å². The second-order valence-electron chi connectivity index (χ2n) is 6.48. The number of nitrogens with zero attached hydrogens (tertiary/aromatic N) is 2. The van der Waals surface area contributed by atoms with Crippen LogP contribution in [-0.4, -0.2) is 60.2 Å². The van der Waals surface area contributed by atoms with Gasteiger partial charge in [-0.25, -0.2) is 4.39 Å². The first-order chi connectivity index (χ1) is 13.0. The Kier molecular flexibility index (Phi) is 5.70. The molecule has 9 heteroatoms. The van der Waals surface area contributed by atoms with Gasteiger partial charge in [-0.3, -0.25) is 14.7 Å². The third kappa shape index (κ3) is 4.25. The number of carbonyl (C=O) groups is 2. The van der Waals surface area contributed by atoms with Crippen molar-refractivity contribution in [2.45, 2.75) is 18.9 Å². The van der Waals surface area contributed by atoms with Gasteiger partial charge in [0.2, 0.25) is 0 Å². The van der Waals surface area contributed by atoms with Gasteiger partial charge in [0.05, 0.1) is 19.0 Å². The molecule has 8 nitrogen and oxygen atoms in total. The van der Waals surface area contributed by atoms with Gasteiger partial charge in [-0.1, -0.05) is 6.07 Å². The Hall–Kier alpha value is -2.94. The number of hydrogen-bond acceptors (Lipinski definition) is 5. The molecule has 1 fully saturated rings. The zero-order valence-corrected chi connectivity index (χ0v) is 15.2. The summed E-state index contributed by atoms with van der Waals surface area (Å²) in [5.41, 5.74) is 0.0659. The standard InChI is InChI=1S/C18H22FN5O3/c1-24-8-6-11(7-9-24)21-18(26)16-13(10-20-23-16)22-17(25)15-12(19)4-3-5-14(15)27-2/h3-5,10-11H,6-9H2,1-2H3,(H,20,23)(H,21,26)(H,22,25). The van der Waals surface area contributed by atoms with Gasteiger partial charge in [-0.05, 0) is 45.1 Å². The van der Waals surface area contributed by atoms with Crippen molar-refractivity contribution in [2.75, 3.05) is 32.6 Å². The summed E-state index contributed by atoms with van der Waals surface area (Å²) >= 11 is 0. The molecule has 0 radical (unpaired) electrons. The van der Waals surface area contributed by atoms with Gasteiger partial charge in [0.25, 0.3) is 11.8 Å². The van der Waals surface area contributed by atoms with Crippen molar-refractivity contribution in [1.29, 1.82) is 0 Å². The number of likely N-dealkylation sites (tertiary alicyclic amines) is 1. The van der Waals surface area contributed by atoms with E-state index < -0.39 is 11.7 Å². The Balaban J connectivity index is 1.72. The fourth-order valence-electron chi connectivity index (χ4n) is 3.04. The second-order valence-corrected chi connectivity index (χ2v) is 6.48. The Morgan fingerprint density at radius 3 is 2.74 bits per heavy atom. The van der Waals surface area contributed by atoms with Crippen molar-refractivity contribution < 1.29 is 18.7 Å². The number of hydrogen-bond donors (Lipinski definition) is 3. The summed E-state index contributed by atoms with van der Waals surface area (Å²) in [7, 11) is 3.39. The van der Waals surface area contributed by atoms with E-state index in [2.05, 4.69) is 25.7 Å². The Morgan fingerprint density at radius 2 is 2.04 bits per heavy atom. The zero-order chi connectivity index (χ0) is 19.4. The van der Waals surface area contributed by atoms with E-state index in [0.717, 1.165) is 25.9 Å². The monoisotopic (exact) mass is 375 g/mol. The number of benzene rings is 1. The number of aromatic amines is 1. The van der Waals surface area contributed by atoms with E-state index in [1.54, 1.807) is 0 Å². The fourth-order valence-corrected chi connectivity index (χ4v) is 3.04. The van der Waals surface area contributed by atoms with Crippen LogP contribution in [0, 0.1) is 5.82 Å². The van der Waals surface area contributed by atoms with Gasteiger partial charge in [-0.15, -0.1) is 0 Å². The first-order valence-electron chi connectivity index (χ1n) is 8.66. The van der Waals surface area contributed by atoms with E-state index in [9.17, 15) is 14.0 Å². The predicted octanol–water partition coefficient (Wildman–Crippen LogP) is 1.63. The molecule has 0 aliphatic carbocycles. The lowest BCUT2D eigenvalue weighted by Gasteiger charge is -2.29. The van der Waals surface area contributed by atoms with Crippen molar-refractivity contribution in [1.82, 2.24) is 20.4 Å². The lowest BCUT2D eigenvalue weighted by Crippen LogP contribution is -2.43. The topological polar surface area (TPSA) is 99.3 Å². The minimum atomic E-state index is -0.723. The second kappa shape index (κ2) is 8.17. The zero-order valence-electron chi connectivity index (χ0n) is 15.2. The number of nitrogens with one attached hydrogen (secondary N) is 3. The summed E-state index contributed by atoms with van der Waals surface area (Å²) in [5.74, 6) is -1.70. The average Bonchev–Trinajstić information content (AvgIpc) is 3.11. The SMILES string of the molecule is COc1cccc(F)c1C(=O)Nc1cn[nH]c1C(=O)NC1CCN(C)CC1. The largest absolute Gasteiger partial charge is 0.496 e. The van der Waals surface area contributed by atoms with Crippen LogP contribution in [0.4, 0.5) is 10.1 Å². The fraction of sp³-hybridized carbons (Fsp3) is 0.389. The summed E-state index contributed by atoms with van der Waals surface area (Å²) < 4.78 is 19.1. The molecule has 0 bridgehead atoms. The van der Waals surface area contributed by atoms with Crippen LogP contribution in [0.1, 0.15) is 33.7 Å². The maximum absolute atomic E-state index is 14.1. The van der Waals surface area contributed by atoms with Gasteiger partial charge in [-0.2, -0.15) is 5.10 Å². The Labute approximate surface area is 156 Å². The molecule has 144 valence electrons. The number of halogens is 1. The molecule has 2 amide bonds. The van der Waals surface area contributed by atoms with E-state index in [4.69, 9.17) is 4.74 Å². The molecule has 1 aliphatic heterocycles. The number of H-pyrrole nitrogens is 1. The van der Waals surface area contributed by atoms with Gasteiger partial charge >= 0.3 is 0 Å². The highest BCUT2D eigenvalue weighted by Gasteiger charge is 2.24. The molecule has 0 spiro atoms. The first-order valence-corrected chi connectivity index (χ1v) is 8.66. The van der Waals surface area contributed by atoms with E-state index in [1.807, 2.05) is 7.05 Å². The van der Waals surface area contributed by atoms with E-state index in [-0.39, 0.29) is 34.6 Å². The number of ether oxygens (including phenoxy) is 1.